The summed E-state index contributed by atoms with van der Waals surface area (Å²) in [4.78, 5) is 19.7. The van der Waals surface area contributed by atoms with E-state index in [1.807, 2.05) is 18.0 Å². The van der Waals surface area contributed by atoms with Crippen LogP contribution in [-0.2, 0) is 13.1 Å². The fourth-order valence-corrected chi connectivity index (χ4v) is 3.52. The van der Waals surface area contributed by atoms with Gasteiger partial charge in [0.1, 0.15) is 0 Å². The molecule has 0 radical (unpaired) electrons. The number of nitrogens with zero attached hydrogens (tertiary/aromatic N) is 3. The van der Waals surface area contributed by atoms with Gasteiger partial charge in [0.05, 0.1) is 10.3 Å². The van der Waals surface area contributed by atoms with E-state index in [1.54, 1.807) is 28.3 Å². The highest BCUT2D eigenvalue weighted by Gasteiger charge is 2.12. The molecule has 0 aromatic carbocycles. The first-order valence-electron chi connectivity index (χ1n) is 6.48. The van der Waals surface area contributed by atoms with Crippen molar-refractivity contribution in [1.29, 1.82) is 0 Å². The Hall–Kier alpha value is -1.14. The molecule has 20 heavy (non-hydrogen) atoms. The molecule has 0 aliphatic heterocycles. The molecule has 0 aliphatic rings. The van der Waals surface area contributed by atoms with Gasteiger partial charge in [-0.15, -0.1) is 11.3 Å². The SMILES string of the molecule is CC(C)Cn1ccnc(N(C)Cc2ccc(Br)s2)c1=O. The van der Waals surface area contributed by atoms with Crippen LogP contribution in [0.5, 0.6) is 0 Å². The zero-order valence-electron chi connectivity index (χ0n) is 11.8. The summed E-state index contributed by atoms with van der Waals surface area (Å²) in [7, 11) is 1.90. The maximum atomic E-state index is 12.4. The summed E-state index contributed by atoms with van der Waals surface area (Å²) in [5.74, 6) is 0.930. The van der Waals surface area contributed by atoms with Gasteiger partial charge < -0.3 is 9.47 Å². The van der Waals surface area contributed by atoms with E-state index in [4.69, 9.17) is 0 Å². The van der Waals surface area contributed by atoms with E-state index in [1.165, 1.54) is 4.88 Å². The molecule has 2 aromatic rings. The van der Waals surface area contributed by atoms with E-state index in [0.717, 1.165) is 3.79 Å². The van der Waals surface area contributed by atoms with Crippen molar-refractivity contribution in [3.05, 3.63) is 43.5 Å². The second-order valence-corrected chi connectivity index (χ2v) is 7.71. The molecular weight excluding hydrogens is 338 g/mol. The Bertz CT molecular complexity index is 635. The zero-order valence-corrected chi connectivity index (χ0v) is 14.2. The summed E-state index contributed by atoms with van der Waals surface area (Å²) in [6.07, 6.45) is 3.45. The van der Waals surface area contributed by atoms with Gasteiger partial charge >= 0.3 is 0 Å². The van der Waals surface area contributed by atoms with Crippen molar-refractivity contribution in [2.45, 2.75) is 26.9 Å². The lowest BCUT2D eigenvalue weighted by Crippen LogP contribution is -2.31. The van der Waals surface area contributed by atoms with Crippen LogP contribution in [0.25, 0.3) is 0 Å². The van der Waals surface area contributed by atoms with Crippen LogP contribution in [0, 0.1) is 5.92 Å². The Kier molecular flexibility index (Phi) is 4.99. The number of anilines is 1. The van der Waals surface area contributed by atoms with Crippen molar-refractivity contribution in [2.75, 3.05) is 11.9 Å². The van der Waals surface area contributed by atoms with E-state index in [-0.39, 0.29) is 5.56 Å². The summed E-state index contributed by atoms with van der Waals surface area (Å²) < 4.78 is 2.83. The van der Waals surface area contributed by atoms with Crippen LogP contribution in [0.2, 0.25) is 0 Å². The maximum Gasteiger partial charge on any atom is 0.293 e. The van der Waals surface area contributed by atoms with Crippen molar-refractivity contribution in [3.63, 3.8) is 0 Å². The highest BCUT2D eigenvalue weighted by Crippen LogP contribution is 2.23. The number of thiophene rings is 1. The normalized spacial score (nSPS) is 11.1. The fraction of sp³-hybridized carbons (Fsp3) is 0.429. The molecule has 0 bridgehead atoms. The predicted octanol–water partition coefficient (Wildman–Crippen LogP) is 3.36. The lowest BCUT2D eigenvalue weighted by Gasteiger charge is -2.18. The molecule has 0 fully saturated rings. The number of halogens is 1. The molecule has 0 amide bonds. The first kappa shape index (κ1) is 15.3. The molecule has 4 nitrogen and oxygen atoms in total. The van der Waals surface area contributed by atoms with Crippen molar-refractivity contribution in [1.82, 2.24) is 9.55 Å². The quantitative estimate of drug-likeness (QED) is 0.825. The van der Waals surface area contributed by atoms with Gasteiger partial charge in [0.15, 0.2) is 5.82 Å². The van der Waals surface area contributed by atoms with Crippen LogP contribution in [0.3, 0.4) is 0 Å². The van der Waals surface area contributed by atoms with E-state index < -0.39 is 0 Å². The Morgan fingerprint density at radius 1 is 1.45 bits per heavy atom. The van der Waals surface area contributed by atoms with Gasteiger partial charge in [-0.05, 0) is 34.0 Å². The second-order valence-electron chi connectivity index (χ2n) is 5.16. The third kappa shape index (κ3) is 3.70. The topological polar surface area (TPSA) is 38.1 Å². The molecule has 2 heterocycles. The average molecular weight is 356 g/mol. The molecule has 0 saturated carbocycles. The van der Waals surface area contributed by atoms with Gasteiger partial charge in [-0.1, -0.05) is 13.8 Å². The fourth-order valence-electron chi connectivity index (χ4n) is 1.98. The summed E-state index contributed by atoms with van der Waals surface area (Å²) in [5.41, 5.74) is -0.0284. The molecule has 0 spiro atoms. The van der Waals surface area contributed by atoms with E-state index in [9.17, 15) is 4.79 Å². The minimum Gasteiger partial charge on any atom is -0.350 e. The van der Waals surface area contributed by atoms with Gasteiger partial charge in [-0.3, -0.25) is 4.79 Å². The van der Waals surface area contributed by atoms with Crippen LogP contribution in [-0.4, -0.2) is 16.6 Å². The molecule has 2 rings (SSSR count). The molecule has 0 unspecified atom stereocenters. The van der Waals surface area contributed by atoms with Crippen molar-refractivity contribution in [2.24, 2.45) is 5.92 Å². The number of aromatic nitrogens is 2. The van der Waals surface area contributed by atoms with Crippen molar-refractivity contribution in [3.8, 4) is 0 Å². The standard InChI is InChI=1S/C14H18BrN3OS/c1-10(2)8-18-7-6-16-13(14(18)19)17(3)9-11-4-5-12(15)20-11/h4-7,10H,8-9H2,1-3H3. The van der Waals surface area contributed by atoms with Crippen molar-refractivity contribution < 1.29 is 0 Å². The van der Waals surface area contributed by atoms with Crippen molar-refractivity contribution >= 4 is 33.1 Å². The largest absolute Gasteiger partial charge is 0.350 e. The molecule has 2 aromatic heterocycles. The Morgan fingerprint density at radius 2 is 2.20 bits per heavy atom. The van der Waals surface area contributed by atoms with Crippen LogP contribution < -0.4 is 10.5 Å². The second kappa shape index (κ2) is 6.54. The van der Waals surface area contributed by atoms with Gasteiger partial charge in [0.2, 0.25) is 0 Å². The van der Waals surface area contributed by atoms with Gasteiger partial charge in [-0.25, -0.2) is 4.98 Å². The molecule has 0 saturated heterocycles. The number of hydrogen-bond acceptors (Lipinski definition) is 4. The van der Waals surface area contributed by atoms with Crippen LogP contribution in [0.15, 0.2) is 33.1 Å². The Balaban J connectivity index is 2.21. The van der Waals surface area contributed by atoms with Gasteiger partial charge in [-0.2, -0.15) is 0 Å². The van der Waals surface area contributed by atoms with E-state index in [2.05, 4.69) is 40.8 Å². The molecule has 6 heteroatoms. The van der Waals surface area contributed by atoms with Gasteiger partial charge in [0.25, 0.3) is 5.56 Å². The van der Waals surface area contributed by atoms with Crippen LogP contribution in [0.1, 0.15) is 18.7 Å². The number of hydrogen-bond donors (Lipinski definition) is 0. The van der Waals surface area contributed by atoms with Crippen LogP contribution in [0.4, 0.5) is 5.82 Å². The molecule has 0 N–H and O–H groups in total. The average Bonchev–Trinajstić information content (AvgIpc) is 2.76. The molecule has 0 aliphatic carbocycles. The summed E-state index contributed by atoms with van der Waals surface area (Å²) in [5, 5.41) is 0. The first-order valence-corrected chi connectivity index (χ1v) is 8.09. The van der Waals surface area contributed by atoms with E-state index in [0.29, 0.717) is 24.8 Å². The summed E-state index contributed by atoms with van der Waals surface area (Å²) >= 11 is 5.12. The van der Waals surface area contributed by atoms with Crippen LogP contribution >= 0.6 is 27.3 Å². The highest BCUT2D eigenvalue weighted by atomic mass is 79.9. The highest BCUT2D eigenvalue weighted by molar-refractivity contribution is 9.11. The summed E-state index contributed by atoms with van der Waals surface area (Å²) in [6.45, 7) is 5.59. The third-order valence-electron chi connectivity index (χ3n) is 2.84. The predicted molar refractivity (Wildman–Crippen MR) is 87.5 cm³/mol. The molecular formula is C14H18BrN3OS. The summed E-state index contributed by atoms with van der Waals surface area (Å²) in [6, 6.07) is 4.07. The van der Waals surface area contributed by atoms with Gasteiger partial charge in [0, 0.05) is 30.9 Å². The Morgan fingerprint density at radius 3 is 2.80 bits per heavy atom. The molecule has 0 atom stereocenters. The smallest absolute Gasteiger partial charge is 0.293 e. The molecule has 108 valence electrons. The minimum atomic E-state index is -0.0284. The number of rotatable bonds is 5. The maximum absolute atomic E-state index is 12.4. The lowest BCUT2D eigenvalue weighted by atomic mass is 10.2. The Labute approximate surface area is 131 Å². The first-order chi connectivity index (χ1) is 9.47. The van der Waals surface area contributed by atoms with E-state index >= 15 is 0 Å². The third-order valence-corrected chi connectivity index (χ3v) is 4.45. The zero-order chi connectivity index (χ0) is 14.7. The minimum absolute atomic E-state index is 0.0284. The monoisotopic (exact) mass is 355 g/mol. The lowest BCUT2D eigenvalue weighted by molar-refractivity contribution is 0.508.